The Kier molecular flexibility index (Phi) is 6.05. The number of carbonyl (C=O) groups is 1. The second-order valence-corrected chi connectivity index (χ2v) is 10.1. The van der Waals surface area contributed by atoms with Crippen molar-refractivity contribution in [1.82, 2.24) is 24.1 Å². The average Bonchev–Trinajstić information content (AvgIpc) is 3.44. The largest absolute Gasteiger partial charge is 0.352 e. The minimum atomic E-state index is -0.336. The molecule has 182 valence electrons. The maximum Gasteiger partial charge on any atom is 0.352 e. The van der Waals surface area contributed by atoms with Gasteiger partial charge in [0, 0.05) is 18.2 Å². The SMILES string of the molecule is Cc1cccc(Cn2nc3n(CC(C)C)c(=O)c4ccc(C(=O)NC5CCCC5)cc4n3c2=O)c1. The highest BCUT2D eigenvalue weighted by molar-refractivity contribution is 5.98. The molecule has 8 heteroatoms. The fourth-order valence-electron chi connectivity index (χ4n) is 5.01. The lowest BCUT2D eigenvalue weighted by molar-refractivity contribution is 0.0938. The summed E-state index contributed by atoms with van der Waals surface area (Å²) in [5.41, 5.74) is 2.34. The molecule has 1 aliphatic carbocycles. The highest BCUT2D eigenvalue weighted by atomic mass is 16.2. The predicted molar refractivity (Wildman–Crippen MR) is 136 cm³/mol. The summed E-state index contributed by atoms with van der Waals surface area (Å²) in [6.07, 6.45) is 4.20. The second-order valence-electron chi connectivity index (χ2n) is 10.1. The fourth-order valence-corrected chi connectivity index (χ4v) is 5.01. The van der Waals surface area contributed by atoms with Crippen molar-refractivity contribution in [3.63, 3.8) is 0 Å². The molecule has 4 aromatic rings. The van der Waals surface area contributed by atoms with E-state index in [2.05, 4.69) is 10.4 Å². The lowest BCUT2D eigenvalue weighted by atomic mass is 10.1. The molecule has 2 aromatic carbocycles. The summed E-state index contributed by atoms with van der Waals surface area (Å²) < 4.78 is 4.44. The molecule has 2 heterocycles. The smallest absolute Gasteiger partial charge is 0.349 e. The zero-order valence-corrected chi connectivity index (χ0v) is 20.5. The van der Waals surface area contributed by atoms with Crippen LogP contribution in [0.15, 0.2) is 52.1 Å². The third-order valence-electron chi connectivity index (χ3n) is 6.69. The number of nitrogens with one attached hydrogen (secondary N) is 1. The Morgan fingerprint density at radius 3 is 2.60 bits per heavy atom. The quantitative estimate of drug-likeness (QED) is 0.464. The number of amides is 1. The first-order chi connectivity index (χ1) is 16.8. The standard InChI is InChI=1S/C27H31N5O3/c1-17(2)15-30-25(34)22-12-11-20(24(33)28-21-9-4-5-10-21)14-23(22)32-26(30)29-31(27(32)35)16-19-8-6-7-18(3)13-19/h6-8,11-14,17,21H,4-5,9-10,15-16H2,1-3H3,(H,28,33). The molecule has 0 spiro atoms. The number of rotatable bonds is 6. The Morgan fingerprint density at radius 1 is 1.11 bits per heavy atom. The van der Waals surface area contributed by atoms with Crippen LogP contribution in [0.4, 0.5) is 0 Å². The molecular formula is C27H31N5O3. The van der Waals surface area contributed by atoms with Gasteiger partial charge in [-0.1, -0.05) is 56.5 Å². The van der Waals surface area contributed by atoms with Crippen LogP contribution in [-0.4, -0.2) is 30.7 Å². The van der Waals surface area contributed by atoms with Crippen LogP contribution in [-0.2, 0) is 13.1 Å². The van der Waals surface area contributed by atoms with Gasteiger partial charge in [0.2, 0.25) is 5.78 Å². The monoisotopic (exact) mass is 473 g/mol. The summed E-state index contributed by atoms with van der Waals surface area (Å²) >= 11 is 0. The first-order valence-electron chi connectivity index (χ1n) is 12.3. The molecule has 0 bridgehead atoms. The summed E-state index contributed by atoms with van der Waals surface area (Å²) in [7, 11) is 0. The number of aryl methyl sites for hydroxylation is 1. The van der Waals surface area contributed by atoms with E-state index >= 15 is 0 Å². The van der Waals surface area contributed by atoms with Gasteiger partial charge >= 0.3 is 5.69 Å². The van der Waals surface area contributed by atoms with Gasteiger partial charge in [-0.25, -0.2) is 13.9 Å². The van der Waals surface area contributed by atoms with Gasteiger partial charge < -0.3 is 5.32 Å². The molecule has 35 heavy (non-hydrogen) atoms. The van der Waals surface area contributed by atoms with Gasteiger partial charge in [0.05, 0.1) is 17.4 Å². The summed E-state index contributed by atoms with van der Waals surface area (Å²) in [5, 5.41) is 8.07. The van der Waals surface area contributed by atoms with Crippen molar-refractivity contribution in [2.75, 3.05) is 0 Å². The fraction of sp³-hybridized carbons (Fsp3) is 0.407. The number of nitrogens with zero attached hydrogens (tertiary/aromatic N) is 4. The maximum absolute atomic E-state index is 13.6. The number of fused-ring (bicyclic) bond motifs is 3. The summed E-state index contributed by atoms with van der Waals surface area (Å²) in [4.78, 5) is 40.0. The number of hydrogen-bond donors (Lipinski definition) is 1. The normalized spacial score (nSPS) is 14.4. The van der Waals surface area contributed by atoms with Crippen molar-refractivity contribution < 1.29 is 4.79 Å². The Morgan fingerprint density at radius 2 is 1.89 bits per heavy atom. The van der Waals surface area contributed by atoms with Crippen LogP contribution in [0.25, 0.3) is 16.7 Å². The molecule has 1 saturated carbocycles. The van der Waals surface area contributed by atoms with E-state index in [1.807, 2.05) is 45.0 Å². The van der Waals surface area contributed by atoms with Crippen LogP contribution in [0.1, 0.15) is 61.0 Å². The second kappa shape index (κ2) is 9.17. The van der Waals surface area contributed by atoms with Crippen molar-refractivity contribution in [2.45, 2.75) is 65.6 Å². The molecule has 2 aromatic heterocycles. The van der Waals surface area contributed by atoms with E-state index in [-0.39, 0.29) is 29.1 Å². The topological polar surface area (TPSA) is 90.4 Å². The molecule has 1 fully saturated rings. The average molecular weight is 474 g/mol. The van der Waals surface area contributed by atoms with E-state index in [4.69, 9.17) is 0 Å². The molecule has 0 aliphatic heterocycles. The first kappa shape index (κ1) is 23.1. The number of carbonyl (C=O) groups excluding carboxylic acids is 1. The Balaban J connectivity index is 1.68. The molecule has 1 amide bonds. The number of hydrogen-bond acceptors (Lipinski definition) is 4. The molecule has 0 radical (unpaired) electrons. The molecule has 5 rings (SSSR count). The third-order valence-corrected chi connectivity index (χ3v) is 6.69. The first-order valence-corrected chi connectivity index (χ1v) is 12.3. The van der Waals surface area contributed by atoms with Gasteiger partial charge in [-0.3, -0.25) is 14.2 Å². The van der Waals surface area contributed by atoms with Crippen molar-refractivity contribution in [2.24, 2.45) is 5.92 Å². The number of aromatic nitrogens is 4. The molecule has 0 atom stereocenters. The Hall–Kier alpha value is -3.68. The van der Waals surface area contributed by atoms with Gasteiger partial charge in [-0.05, 0) is 49.4 Å². The van der Waals surface area contributed by atoms with Gasteiger partial charge in [0.1, 0.15) is 0 Å². The van der Waals surface area contributed by atoms with Crippen LogP contribution in [0.3, 0.4) is 0 Å². The highest BCUT2D eigenvalue weighted by Crippen LogP contribution is 2.20. The highest BCUT2D eigenvalue weighted by Gasteiger charge is 2.21. The summed E-state index contributed by atoms with van der Waals surface area (Å²) in [5.74, 6) is 0.295. The minimum absolute atomic E-state index is 0.178. The molecule has 8 nitrogen and oxygen atoms in total. The van der Waals surface area contributed by atoms with Crippen molar-refractivity contribution >= 4 is 22.6 Å². The van der Waals surface area contributed by atoms with Gasteiger partial charge in [0.15, 0.2) is 0 Å². The zero-order chi connectivity index (χ0) is 24.7. The lowest BCUT2D eigenvalue weighted by Crippen LogP contribution is -2.33. The van der Waals surface area contributed by atoms with Gasteiger partial charge in [-0.2, -0.15) is 0 Å². The van der Waals surface area contributed by atoms with E-state index in [9.17, 15) is 14.4 Å². The molecule has 1 aliphatic rings. The van der Waals surface area contributed by atoms with Crippen LogP contribution < -0.4 is 16.6 Å². The minimum Gasteiger partial charge on any atom is -0.349 e. The van der Waals surface area contributed by atoms with Gasteiger partial charge in [0.25, 0.3) is 11.5 Å². The zero-order valence-electron chi connectivity index (χ0n) is 20.5. The third kappa shape index (κ3) is 4.40. The van der Waals surface area contributed by atoms with Crippen molar-refractivity contribution in [3.8, 4) is 0 Å². The van der Waals surface area contributed by atoms with Crippen molar-refractivity contribution in [1.29, 1.82) is 0 Å². The van der Waals surface area contributed by atoms with Crippen LogP contribution in [0, 0.1) is 12.8 Å². The van der Waals surface area contributed by atoms with Crippen LogP contribution >= 0.6 is 0 Å². The molecule has 1 N–H and O–H groups in total. The van der Waals surface area contributed by atoms with E-state index < -0.39 is 0 Å². The predicted octanol–water partition coefficient (Wildman–Crippen LogP) is 3.50. The van der Waals surface area contributed by atoms with E-state index in [0.29, 0.717) is 35.3 Å². The maximum atomic E-state index is 13.6. The van der Waals surface area contributed by atoms with E-state index in [1.54, 1.807) is 22.8 Å². The Bertz CT molecular complexity index is 1540. The molecular weight excluding hydrogens is 442 g/mol. The van der Waals surface area contributed by atoms with Crippen LogP contribution in [0.5, 0.6) is 0 Å². The Labute approximate surface area is 203 Å². The molecule has 0 unspecified atom stereocenters. The van der Waals surface area contributed by atoms with E-state index in [1.165, 1.54) is 9.08 Å². The van der Waals surface area contributed by atoms with Crippen molar-refractivity contribution in [3.05, 3.63) is 80.0 Å². The molecule has 0 saturated heterocycles. The lowest BCUT2D eigenvalue weighted by Gasteiger charge is -2.14. The van der Waals surface area contributed by atoms with E-state index in [0.717, 1.165) is 36.8 Å². The summed E-state index contributed by atoms with van der Waals surface area (Å²) in [6, 6.07) is 13.1. The number of benzene rings is 2. The van der Waals surface area contributed by atoms with Gasteiger partial charge in [-0.15, -0.1) is 5.10 Å². The van der Waals surface area contributed by atoms with Crippen LogP contribution in [0.2, 0.25) is 0 Å². The summed E-state index contributed by atoms with van der Waals surface area (Å²) in [6.45, 7) is 6.77.